The lowest BCUT2D eigenvalue weighted by molar-refractivity contribution is 0.0734. The zero-order valence-electron chi connectivity index (χ0n) is 21.9. The van der Waals surface area contributed by atoms with Gasteiger partial charge in [0, 0.05) is 0 Å². The van der Waals surface area contributed by atoms with Crippen molar-refractivity contribution in [3.05, 3.63) is 96.6 Å². The highest BCUT2D eigenvalue weighted by Gasteiger charge is 2.10. The van der Waals surface area contributed by atoms with Crippen LogP contribution in [0.4, 0.5) is 0 Å². The molecule has 0 radical (unpaired) electrons. The van der Waals surface area contributed by atoms with Crippen LogP contribution >= 0.6 is 0 Å². The van der Waals surface area contributed by atoms with E-state index in [0.29, 0.717) is 23.8 Å². The van der Waals surface area contributed by atoms with E-state index in [4.69, 9.17) is 9.47 Å². The van der Waals surface area contributed by atoms with Crippen molar-refractivity contribution in [3.63, 3.8) is 0 Å². The molecule has 0 aromatic heterocycles. The van der Waals surface area contributed by atoms with Crippen molar-refractivity contribution < 1.29 is 14.3 Å². The second-order valence-corrected chi connectivity index (χ2v) is 9.55. The van der Waals surface area contributed by atoms with E-state index in [1.54, 1.807) is 12.1 Å². The highest BCUT2D eigenvalue weighted by atomic mass is 16.5. The van der Waals surface area contributed by atoms with Gasteiger partial charge in [0.25, 0.3) is 0 Å². The van der Waals surface area contributed by atoms with Crippen molar-refractivity contribution in [3.8, 4) is 22.6 Å². The number of benzene rings is 3. The van der Waals surface area contributed by atoms with Crippen LogP contribution in [-0.2, 0) is 6.42 Å². The first-order valence-corrected chi connectivity index (χ1v) is 13.3. The third-order valence-electron chi connectivity index (χ3n) is 6.54. The number of rotatable bonds is 15. The van der Waals surface area contributed by atoms with Gasteiger partial charge in [-0.05, 0) is 84.7 Å². The molecular formula is C33H40O3. The molecule has 36 heavy (non-hydrogen) atoms. The fraction of sp³-hybridized carbons (Fsp3) is 0.364. The largest absolute Gasteiger partial charge is 0.494 e. The molecular weight excluding hydrogens is 444 g/mol. The number of allylic oxidation sites excluding steroid dienone is 1. The van der Waals surface area contributed by atoms with Crippen LogP contribution in [0, 0.1) is 5.92 Å². The van der Waals surface area contributed by atoms with E-state index in [0.717, 1.165) is 36.1 Å². The number of hydrogen-bond donors (Lipinski definition) is 0. The molecule has 0 amide bonds. The van der Waals surface area contributed by atoms with Gasteiger partial charge in [-0.15, -0.1) is 6.58 Å². The van der Waals surface area contributed by atoms with Gasteiger partial charge in [-0.2, -0.15) is 0 Å². The smallest absolute Gasteiger partial charge is 0.343 e. The fourth-order valence-electron chi connectivity index (χ4n) is 4.06. The number of ether oxygens (including phenoxy) is 2. The molecule has 3 nitrogen and oxygen atoms in total. The molecule has 3 aromatic rings. The minimum atomic E-state index is -0.365. The molecule has 0 aliphatic heterocycles. The maximum Gasteiger partial charge on any atom is 0.343 e. The van der Waals surface area contributed by atoms with Gasteiger partial charge in [0.05, 0.1) is 12.2 Å². The van der Waals surface area contributed by atoms with Gasteiger partial charge in [0.15, 0.2) is 0 Å². The van der Waals surface area contributed by atoms with E-state index in [1.807, 2.05) is 42.5 Å². The van der Waals surface area contributed by atoms with E-state index in [-0.39, 0.29) is 5.97 Å². The Hall–Kier alpha value is -3.33. The summed E-state index contributed by atoms with van der Waals surface area (Å²) in [5.41, 5.74) is 4.12. The van der Waals surface area contributed by atoms with E-state index in [1.165, 1.54) is 37.7 Å². The molecule has 0 aliphatic rings. The third-order valence-corrected chi connectivity index (χ3v) is 6.54. The van der Waals surface area contributed by atoms with Gasteiger partial charge >= 0.3 is 5.97 Å². The van der Waals surface area contributed by atoms with Crippen molar-refractivity contribution in [2.75, 3.05) is 6.61 Å². The summed E-state index contributed by atoms with van der Waals surface area (Å²) in [6.45, 7) is 8.97. The third kappa shape index (κ3) is 9.03. The van der Waals surface area contributed by atoms with Crippen molar-refractivity contribution in [1.29, 1.82) is 0 Å². The maximum atomic E-state index is 12.6. The summed E-state index contributed by atoms with van der Waals surface area (Å²) in [4.78, 5) is 12.6. The summed E-state index contributed by atoms with van der Waals surface area (Å²) >= 11 is 0. The molecule has 0 heterocycles. The van der Waals surface area contributed by atoms with Gasteiger partial charge < -0.3 is 9.47 Å². The molecule has 3 heteroatoms. The van der Waals surface area contributed by atoms with Crippen molar-refractivity contribution >= 4 is 5.97 Å². The molecule has 0 N–H and O–H groups in total. The Morgan fingerprint density at radius 2 is 1.39 bits per heavy atom. The number of unbranched alkanes of at least 4 members (excludes halogenated alkanes) is 5. The highest BCUT2D eigenvalue weighted by Crippen LogP contribution is 2.23. The van der Waals surface area contributed by atoms with Gasteiger partial charge in [-0.3, -0.25) is 0 Å². The number of carbonyl (C=O) groups is 1. The Labute approximate surface area is 217 Å². The zero-order chi connectivity index (χ0) is 25.6. The van der Waals surface area contributed by atoms with Gasteiger partial charge in [-0.25, -0.2) is 4.79 Å². The average Bonchev–Trinajstić information content (AvgIpc) is 2.91. The second kappa shape index (κ2) is 14.9. The summed E-state index contributed by atoms with van der Waals surface area (Å²) in [6, 6.07) is 23.5. The first-order chi connectivity index (χ1) is 17.6. The molecule has 0 aliphatic carbocycles. The molecule has 1 unspecified atom stereocenters. The van der Waals surface area contributed by atoms with Crippen LogP contribution < -0.4 is 9.47 Å². The minimum absolute atomic E-state index is 0.365. The van der Waals surface area contributed by atoms with Crippen LogP contribution in [0.5, 0.6) is 11.5 Å². The summed E-state index contributed by atoms with van der Waals surface area (Å²) in [5.74, 6) is 1.63. The Balaban J connectivity index is 1.44. The lowest BCUT2D eigenvalue weighted by Gasteiger charge is -2.10. The van der Waals surface area contributed by atoms with Gasteiger partial charge in [-0.1, -0.05) is 82.0 Å². The van der Waals surface area contributed by atoms with E-state index < -0.39 is 0 Å². The maximum absolute atomic E-state index is 12.6. The number of esters is 1. The van der Waals surface area contributed by atoms with Crippen LogP contribution in [0.15, 0.2) is 85.5 Å². The molecule has 3 aromatic carbocycles. The standard InChI is InChI=1S/C33H40O3/c1-4-6-7-8-9-10-11-24-35-31-20-22-32(23-21-31)36-33(34)30-18-16-29(17-19-30)28-14-12-27(13-15-28)25-26(3)5-2/h4,12-23,26H,1,5-11,24-25H2,2-3H3. The molecule has 190 valence electrons. The molecule has 1 atom stereocenters. The molecule has 0 saturated carbocycles. The Morgan fingerprint density at radius 1 is 0.806 bits per heavy atom. The predicted molar refractivity (Wildman–Crippen MR) is 150 cm³/mol. The summed E-state index contributed by atoms with van der Waals surface area (Å²) in [6.07, 6.45) is 11.3. The predicted octanol–water partition coefficient (Wildman–Crippen LogP) is 9.07. The highest BCUT2D eigenvalue weighted by molar-refractivity contribution is 5.91. The van der Waals surface area contributed by atoms with Crippen LogP contribution in [0.3, 0.4) is 0 Å². The molecule has 0 saturated heterocycles. The Kier molecular flexibility index (Phi) is 11.3. The minimum Gasteiger partial charge on any atom is -0.494 e. The van der Waals surface area contributed by atoms with Crippen LogP contribution in [0.25, 0.3) is 11.1 Å². The number of carbonyl (C=O) groups excluding carboxylic acids is 1. The van der Waals surface area contributed by atoms with Crippen molar-refractivity contribution in [2.45, 2.75) is 65.2 Å². The Morgan fingerprint density at radius 3 is 2.03 bits per heavy atom. The molecule has 0 spiro atoms. The quantitative estimate of drug-likeness (QED) is 0.0934. The SMILES string of the molecule is C=CCCCCCCCOc1ccc(OC(=O)c2ccc(-c3ccc(CC(C)CC)cc3)cc2)cc1. The first kappa shape index (κ1) is 27.3. The van der Waals surface area contributed by atoms with E-state index in [9.17, 15) is 4.79 Å². The van der Waals surface area contributed by atoms with Crippen molar-refractivity contribution in [1.82, 2.24) is 0 Å². The van der Waals surface area contributed by atoms with Gasteiger partial charge in [0.2, 0.25) is 0 Å². The first-order valence-electron chi connectivity index (χ1n) is 13.3. The van der Waals surface area contributed by atoms with Crippen LogP contribution in [0.1, 0.15) is 74.7 Å². The molecule has 0 fully saturated rings. The molecule has 3 rings (SSSR count). The summed E-state index contributed by atoms with van der Waals surface area (Å²) in [7, 11) is 0. The van der Waals surface area contributed by atoms with Crippen molar-refractivity contribution in [2.24, 2.45) is 5.92 Å². The fourth-order valence-corrected chi connectivity index (χ4v) is 4.06. The normalized spacial score (nSPS) is 11.6. The topological polar surface area (TPSA) is 35.5 Å². The number of hydrogen-bond acceptors (Lipinski definition) is 3. The van der Waals surface area contributed by atoms with E-state index in [2.05, 4.69) is 44.7 Å². The van der Waals surface area contributed by atoms with Crippen LogP contribution in [0.2, 0.25) is 0 Å². The lowest BCUT2D eigenvalue weighted by Crippen LogP contribution is -2.08. The Bertz CT molecular complexity index is 1050. The van der Waals surface area contributed by atoms with E-state index >= 15 is 0 Å². The average molecular weight is 485 g/mol. The summed E-state index contributed by atoms with van der Waals surface area (Å²) in [5, 5.41) is 0. The van der Waals surface area contributed by atoms with Crippen LogP contribution in [-0.4, -0.2) is 12.6 Å². The zero-order valence-corrected chi connectivity index (χ0v) is 21.9. The van der Waals surface area contributed by atoms with Gasteiger partial charge in [0.1, 0.15) is 11.5 Å². The monoisotopic (exact) mass is 484 g/mol. The second-order valence-electron chi connectivity index (χ2n) is 9.55. The molecule has 0 bridgehead atoms. The lowest BCUT2D eigenvalue weighted by atomic mass is 9.96. The summed E-state index contributed by atoms with van der Waals surface area (Å²) < 4.78 is 11.4.